The van der Waals surface area contributed by atoms with Crippen LogP contribution in [0.15, 0.2) is 48.8 Å². The summed E-state index contributed by atoms with van der Waals surface area (Å²) in [7, 11) is 3.07. The quantitative estimate of drug-likeness (QED) is 0.548. The van der Waals surface area contributed by atoms with Crippen molar-refractivity contribution in [3.05, 3.63) is 65.6 Å². The lowest BCUT2D eigenvalue weighted by atomic mass is 10.2. The van der Waals surface area contributed by atoms with E-state index in [9.17, 15) is 9.59 Å². The number of amides is 1. The molecule has 0 aliphatic carbocycles. The van der Waals surface area contributed by atoms with Gasteiger partial charge in [-0.25, -0.2) is 4.98 Å². The molecule has 7 nitrogen and oxygen atoms in total. The van der Waals surface area contributed by atoms with Crippen LogP contribution in [-0.4, -0.2) is 46.9 Å². The number of benzene rings is 1. The van der Waals surface area contributed by atoms with Gasteiger partial charge in [0.15, 0.2) is 0 Å². The molecule has 0 aliphatic heterocycles. The normalized spacial score (nSPS) is 10.7. The lowest BCUT2D eigenvalue weighted by molar-refractivity contribution is -0.140. The summed E-state index contributed by atoms with van der Waals surface area (Å²) < 4.78 is 12.4. The molecule has 3 rings (SSSR count). The van der Waals surface area contributed by atoms with E-state index < -0.39 is 0 Å². The zero-order valence-corrected chi connectivity index (χ0v) is 16.9. The zero-order chi connectivity index (χ0) is 20.8. The van der Waals surface area contributed by atoms with Gasteiger partial charge in [0, 0.05) is 38.0 Å². The van der Waals surface area contributed by atoms with Crippen LogP contribution in [0.4, 0.5) is 0 Å². The summed E-state index contributed by atoms with van der Waals surface area (Å²) in [5, 5.41) is 0. The van der Waals surface area contributed by atoms with Gasteiger partial charge in [0.05, 0.1) is 12.8 Å². The predicted molar refractivity (Wildman–Crippen MR) is 109 cm³/mol. The molecular weight excluding hydrogens is 370 g/mol. The molecule has 0 saturated carbocycles. The molecule has 0 unspecified atom stereocenters. The molecule has 3 aromatic rings. The van der Waals surface area contributed by atoms with Crippen molar-refractivity contribution >= 4 is 17.5 Å². The number of pyridine rings is 1. The topological polar surface area (TPSA) is 73.1 Å². The number of nitrogens with zero attached hydrogens (tertiary/aromatic N) is 3. The van der Waals surface area contributed by atoms with Crippen LogP contribution < -0.4 is 4.74 Å². The third-order valence-electron chi connectivity index (χ3n) is 4.57. The second kappa shape index (κ2) is 9.23. The largest absolute Gasteiger partial charge is 0.487 e. The van der Waals surface area contributed by atoms with E-state index in [0.29, 0.717) is 30.9 Å². The highest BCUT2D eigenvalue weighted by molar-refractivity contribution is 5.94. The van der Waals surface area contributed by atoms with Gasteiger partial charge >= 0.3 is 5.97 Å². The number of ether oxygens (including phenoxy) is 2. The van der Waals surface area contributed by atoms with Crippen LogP contribution in [0.5, 0.6) is 5.75 Å². The van der Waals surface area contributed by atoms with E-state index in [2.05, 4.69) is 9.72 Å². The molecule has 7 heteroatoms. The fourth-order valence-corrected chi connectivity index (χ4v) is 2.99. The Kier molecular flexibility index (Phi) is 6.49. The highest BCUT2D eigenvalue weighted by atomic mass is 16.5. The van der Waals surface area contributed by atoms with Crippen LogP contribution in [0.2, 0.25) is 0 Å². The van der Waals surface area contributed by atoms with Crippen molar-refractivity contribution in [1.82, 2.24) is 14.3 Å². The third kappa shape index (κ3) is 5.34. The molecule has 29 heavy (non-hydrogen) atoms. The Morgan fingerprint density at radius 3 is 2.79 bits per heavy atom. The molecule has 0 fully saturated rings. The molecule has 2 aromatic heterocycles. The maximum absolute atomic E-state index is 12.6. The molecule has 1 aromatic carbocycles. The predicted octanol–water partition coefficient (Wildman–Crippen LogP) is 3.25. The van der Waals surface area contributed by atoms with Crippen molar-refractivity contribution in [2.75, 3.05) is 20.7 Å². The van der Waals surface area contributed by atoms with Gasteiger partial charge in [-0.1, -0.05) is 12.1 Å². The van der Waals surface area contributed by atoms with E-state index in [4.69, 9.17) is 4.74 Å². The van der Waals surface area contributed by atoms with Crippen LogP contribution in [-0.2, 0) is 16.1 Å². The molecule has 0 spiro atoms. The average molecular weight is 395 g/mol. The Morgan fingerprint density at radius 1 is 1.17 bits per heavy atom. The molecule has 2 heterocycles. The van der Waals surface area contributed by atoms with Crippen LogP contribution >= 0.6 is 0 Å². The number of aryl methyl sites for hydroxylation is 1. The maximum atomic E-state index is 12.6. The Labute approximate surface area is 169 Å². The standard InChI is InChI=1S/C22H25N3O4/c1-16-9-10-20-23-18(14-25(20)13-16)15-29-19-7-4-6-17(12-19)22(27)24(2)11-5-8-21(26)28-3/h4,6-7,9-10,12-14H,5,8,11,15H2,1-3H3. The summed E-state index contributed by atoms with van der Waals surface area (Å²) in [6, 6.07) is 11.1. The number of hydrogen-bond donors (Lipinski definition) is 0. The minimum atomic E-state index is -0.275. The fourth-order valence-electron chi connectivity index (χ4n) is 2.99. The van der Waals surface area contributed by atoms with E-state index in [-0.39, 0.29) is 18.3 Å². The monoisotopic (exact) mass is 395 g/mol. The van der Waals surface area contributed by atoms with E-state index in [0.717, 1.165) is 16.9 Å². The van der Waals surface area contributed by atoms with Gasteiger partial charge in [0.1, 0.15) is 18.0 Å². The first-order valence-electron chi connectivity index (χ1n) is 9.45. The van der Waals surface area contributed by atoms with Gasteiger partial charge in [0.25, 0.3) is 5.91 Å². The Hall–Kier alpha value is -3.35. The minimum Gasteiger partial charge on any atom is -0.487 e. The number of imidazole rings is 1. The van der Waals surface area contributed by atoms with Gasteiger partial charge in [0.2, 0.25) is 0 Å². The summed E-state index contributed by atoms with van der Waals surface area (Å²) in [5.74, 6) is 0.207. The number of carbonyl (C=O) groups excluding carboxylic acids is 2. The summed E-state index contributed by atoms with van der Waals surface area (Å²) >= 11 is 0. The molecule has 0 bridgehead atoms. The molecule has 0 aliphatic rings. The summed E-state index contributed by atoms with van der Waals surface area (Å²) in [6.07, 6.45) is 4.79. The van der Waals surface area contributed by atoms with Crippen LogP contribution in [0.1, 0.15) is 34.5 Å². The minimum absolute atomic E-state index is 0.122. The third-order valence-corrected chi connectivity index (χ3v) is 4.57. The fraction of sp³-hybridized carbons (Fsp3) is 0.318. The van der Waals surface area contributed by atoms with E-state index in [1.54, 1.807) is 30.1 Å². The van der Waals surface area contributed by atoms with Gasteiger partial charge in [-0.15, -0.1) is 0 Å². The van der Waals surface area contributed by atoms with Crippen molar-refractivity contribution < 1.29 is 19.1 Å². The first kappa shape index (κ1) is 20.4. The number of esters is 1. The first-order chi connectivity index (χ1) is 14.0. The van der Waals surface area contributed by atoms with E-state index in [1.165, 1.54) is 7.11 Å². The maximum Gasteiger partial charge on any atom is 0.305 e. The van der Waals surface area contributed by atoms with E-state index >= 15 is 0 Å². The van der Waals surface area contributed by atoms with Gasteiger partial charge in [-0.2, -0.15) is 0 Å². The molecule has 0 N–H and O–H groups in total. The van der Waals surface area contributed by atoms with E-state index in [1.807, 2.05) is 41.9 Å². The summed E-state index contributed by atoms with van der Waals surface area (Å²) in [5.41, 5.74) is 3.37. The molecule has 1 amide bonds. The summed E-state index contributed by atoms with van der Waals surface area (Å²) in [4.78, 5) is 29.9. The Morgan fingerprint density at radius 2 is 2.00 bits per heavy atom. The molecule has 0 atom stereocenters. The number of hydrogen-bond acceptors (Lipinski definition) is 5. The lowest BCUT2D eigenvalue weighted by Crippen LogP contribution is -2.28. The average Bonchev–Trinajstić information content (AvgIpc) is 3.13. The first-order valence-corrected chi connectivity index (χ1v) is 9.45. The van der Waals surface area contributed by atoms with Crippen molar-refractivity contribution in [2.24, 2.45) is 0 Å². The molecule has 152 valence electrons. The SMILES string of the molecule is COC(=O)CCCN(C)C(=O)c1cccc(OCc2cn3cc(C)ccc3n2)c1. The van der Waals surface area contributed by atoms with Crippen molar-refractivity contribution in [3.8, 4) is 5.75 Å². The van der Waals surface area contributed by atoms with Crippen LogP contribution in [0, 0.1) is 6.92 Å². The highest BCUT2D eigenvalue weighted by Crippen LogP contribution is 2.17. The summed E-state index contributed by atoms with van der Waals surface area (Å²) in [6.45, 7) is 2.82. The number of rotatable bonds is 8. The van der Waals surface area contributed by atoms with Gasteiger partial charge < -0.3 is 18.8 Å². The second-order valence-electron chi connectivity index (χ2n) is 6.93. The van der Waals surface area contributed by atoms with Crippen molar-refractivity contribution in [2.45, 2.75) is 26.4 Å². The van der Waals surface area contributed by atoms with Crippen molar-refractivity contribution in [3.63, 3.8) is 0 Å². The van der Waals surface area contributed by atoms with Gasteiger partial charge in [-0.3, -0.25) is 9.59 Å². The number of carbonyl (C=O) groups is 2. The Bertz CT molecular complexity index is 1010. The molecule has 0 saturated heterocycles. The van der Waals surface area contributed by atoms with Gasteiger partial charge in [-0.05, 0) is 43.2 Å². The van der Waals surface area contributed by atoms with Crippen LogP contribution in [0.3, 0.4) is 0 Å². The highest BCUT2D eigenvalue weighted by Gasteiger charge is 2.13. The number of methoxy groups -OCH3 is 1. The van der Waals surface area contributed by atoms with Crippen LogP contribution in [0.25, 0.3) is 5.65 Å². The zero-order valence-electron chi connectivity index (χ0n) is 16.9. The molecule has 0 radical (unpaired) electrons. The molecular formula is C22H25N3O4. The smallest absolute Gasteiger partial charge is 0.305 e. The van der Waals surface area contributed by atoms with Crippen molar-refractivity contribution in [1.29, 1.82) is 0 Å². The lowest BCUT2D eigenvalue weighted by Gasteiger charge is -2.17. The number of fused-ring (bicyclic) bond motifs is 1. The number of aromatic nitrogens is 2. The Balaban J connectivity index is 1.59. The second-order valence-corrected chi connectivity index (χ2v) is 6.93.